The number of methoxy groups -OCH3 is 1. The van der Waals surface area contributed by atoms with Crippen LogP contribution in [0.4, 0.5) is 14.9 Å². The van der Waals surface area contributed by atoms with Crippen LogP contribution in [-0.2, 0) is 16.2 Å². The summed E-state index contributed by atoms with van der Waals surface area (Å²) in [6, 6.07) is 15.0. The van der Waals surface area contributed by atoms with Crippen molar-refractivity contribution < 1.29 is 28.2 Å². The van der Waals surface area contributed by atoms with E-state index < -0.39 is 17.8 Å². The molecule has 1 heterocycles. The number of benzene rings is 3. The Bertz CT molecular complexity index is 1340. The Labute approximate surface area is 222 Å². The topological polar surface area (TPSA) is 84.9 Å². The van der Waals surface area contributed by atoms with E-state index in [9.17, 15) is 18.8 Å². The molecule has 0 saturated carbocycles. The lowest BCUT2D eigenvalue weighted by molar-refractivity contribution is -0.122. The average Bonchev–Trinajstić information content (AvgIpc) is 2.83. The Morgan fingerprint density at radius 3 is 2.40 bits per heavy atom. The first-order valence-electron chi connectivity index (χ1n) is 10.2. The number of imide groups is 2. The van der Waals surface area contributed by atoms with Crippen molar-refractivity contribution in [3.8, 4) is 11.5 Å². The summed E-state index contributed by atoms with van der Waals surface area (Å²) in [6.07, 6.45) is 1.39. The zero-order chi connectivity index (χ0) is 25.1. The summed E-state index contributed by atoms with van der Waals surface area (Å²) in [5, 5.41) is 2.20. The van der Waals surface area contributed by atoms with Gasteiger partial charge in [-0.3, -0.25) is 14.9 Å². The molecule has 1 fully saturated rings. The van der Waals surface area contributed by atoms with Crippen LogP contribution in [0.25, 0.3) is 6.08 Å². The molecule has 0 aromatic heterocycles. The molecule has 1 aliphatic rings. The highest BCUT2D eigenvalue weighted by Crippen LogP contribution is 2.35. The number of rotatable bonds is 6. The van der Waals surface area contributed by atoms with E-state index in [4.69, 9.17) is 9.47 Å². The van der Waals surface area contributed by atoms with Gasteiger partial charge in [0.2, 0.25) is 0 Å². The number of hydrogen-bond acceptors (Lipinski definition) is 5. The second kappa shape index (κ2) is 10.6. The molecular formula is C25H17BrFIN2O5. The van der Waals surface area contributed by atoms with E-state index in [-0.39, 0.29) is 18.0 Å². The molecule has 0 atom stereocenters. The average molecular weight is 651 g/mol. The van der Waals surface area contributed by atoms with Crippen molar-refractivity contribution in [1.29, 1.82) is 0 Å². The van der Waals surface area contributed by atoms with E-state index in [0.717, 1.165) is 14.9 Å². The molecule has 4 rings (SSSR count). The van der Waals surface area contributed by atoms with Crippen molar-refractivity contribution in [2.45, 2.75) is 6.61 Å². The van der Waals surface area contributed by atoms with Crippen LogP contribution in [0.15, 0.2) is 70.7 Å². The van der Waals surface area contributed by atoms with Crippen molar-refractivity contribution in [1.82, 2.24) is 5.32 Å². The molecule has 4 amide bonds. The van der Waals surface area contributed by atoms with Gasteiger partial charge in [-0.1, -0.05) is 28.1 Å². The van der Waals surface area contributed by atoms with Gasteiger partial charge >= 0.3 is 6.03 Å². The monoisotopic (exact) mass is 650 g/mol. The summed E-state index contributed by atoms with van der Waals surface area (Å²) in [4.78, 5) is 38.9. The molecule has 7 nitrogen and oxygen atoms in total. The second-order valence-corrected chi connectivity index (χ2v) is 9.46. The summed E-state index contributed by atoms with van der Waals surface area (Å²) in [7, 11) is 1.47. The van der Waals surface area contributed by atoms with Crippen LogP contribution in [0.1, 0.15) is 11.1 Å². The summed E-state index contributed by atoms with van der Waals surface area (Å²) >= 11 is 5.37. The molecule has 0 aliphatic carbocycles. The van der Waals surface area contributed by atoms with Crippen LogP contribution in [0.3, 0.4) is 0 Å². The van der Waals surface area contributed by atoms with Crippen LogP contribution in [0.2, 0.25) is 0 Å². The first-order valence-corrected chi connectivity index (χ1v) is 12.1. The number of carbonyl (C=O) groups excluding carboxylic acids is 3. The summed E-state index contributed by atoms with van der Waals surface area (Å²) in [6.45, 7) is 0.193. The Morgan fingerprint density at radius 1 is 1.06 bits per heavy atom. The second-order valence-electron chi connectivity index (χ2n) is 7.38. The molecular weight excluding hydrogens is 634 g/mol. The van der Waals surface area contributed by atoms with E-state index in [1.165, 1.54) is 25.3 Å². The Balaban J connectivity index is 1.63. The van der Waals surface area contributed by atoms with Crippen molar-refractivity contribution in [2.75, 3.05) is 12.0 Å². The van der Waals surface area contributed by atoms with Crippen molar-refractivity contribution in [3.63, 3.8) is 0 Å². The maximum atomic E-state index is 13.1. The first-order chi connectivity index (χ1) is 16.8. The van der Waals surface area contributed by atoms with Gasteiger partial charge in [-0.2, -0.15) is 0 Å². The SMILES string of the molecule is COc1cc(/C=C2\C(=O)NC(=O)N(c3ccc(Br)cc3)C2=O)cc(I)c1OCc1ccc(F)cc1. The fourth-order valence-electron chi connectivity index (χ4n) is 3.35. The van der Waals surface area contributed by atoms with Crippen LogP contribution in [-0.4, -0.2) is 25.0 Å². The van der Waals surface area contributed by atoms with Crippen molar-refractivity contribution >= 4 is 68.1 Å². The van der Waals surface area contributed by atoms with E-state index in [1.807, 2.05) is 0 Å². The van der Waals surface area contributed by atoms with Crippen molar-refractivity contribution in [3.05, 3.63) is 91.2 Å². The molecule has 1 saturated heterocycles. The lowest BCUT2D eigenvalue weighted by Crippen LogP contribution is -2.54. The van der Waals surface area contributed by atoms with E-state index in [0.29, 0.717) is 26.3 Å². The largest absolute Gasteiger partial charge is 0.493 e. The molecule has 0 bridgehead atoms. The van der Waals surface area contributed by atoms with Crippen molar-refractivity contribution in [2.24, 2.45) is 0 Å². The zero-order valence-electron chi connectivity index (χ0n) is 18.2. The highest BCUT2D eigenvalue weighted by molar-refractivity contribution is 14.1. The Morgan fingerprint density at radius 2 is 1.74 bits per heavy atom. The minimum atomic E-state index is -0.823. The molecule has 1 aliphatic heterocycles. The predicted octanol–water partition coefficient (Wildman–Crippen LogP) is 5.45. The number of halogens is 3. The zero-order valence-corrected chi connectivity index (χ0v) is 21.9. The smallest absolute Gasteiger partial charge is 0.335 e. The number of barbiturate groups is 1. The summed E-state index contributed by atoms with van der Waals surface area (Å²) in [5.41, 5.74) is 1.40. The maximum Gasteiger partial charge on any atom is 0.335 e. The van der Waals surface area contributed by atoms with E-state index >= 15 is 0 Å². The van der Waals surface area contributed by atoms with Crippen LogP contribution < -0.4 is 19.7 Å². The lowest BCUT2D eigenvalue weighted by atomic mass is 10.1. The van der Waals surface area contributed by atoms with Gasteiger partial charge in [0.15, 0.2) is 11.5 Å². The van der Waals surface area contributed by atoms with E-state index in [1.54, 1.807) is 48.5 Å². The first kappa shape index (κ1) is 24.9. The number of nitrogens with one attached hydrogen (secondary N) is 1. The maximum absolute atomic E-state index is 13.1. The van der Waals surface area contributed by atoms with Gasteiger partial charge in [-0.05, 0) is 88.3 Å². The van der Waals surface area contributed by atoms with Gasteiger partial charge in [0.05, 0.1) is 16.4 Å². The normalized spacial score (nSPS) is 14.8. The van der Waals surface area contributed by atoms with Crippen LogP contribution >= 0.6 is 38.5 Å². The van der Waals surface area contributed by atoms with Crippen LogP contribution in [0.5, 0.6) is 11.5 Å². The fourth-order valence-corrected chi connectivity index (χ4v) is 4.39. The molecule has 35 heavy (non-hydrogen) atoms. The third-order valence-electron chi connectivity index (χ3n) is 5.05. The number of carbonyl (C=O) groups is 3. The van der Waals surface area contributed by atoms with Gasteiger partial charge in [0, 0.05) is 4.47 Å². The highest BCUT2D eigenvalue weighted by atomic mass is 127. The molecule has 0 radical (unpaired) electrons. The molecule has 3 aromatic carbocycles. The quantitative estimate of drug-likeness (QED) is 0.218. The third kappa shape index (κ3) is 5.54. The number of ether oxygens (including phenoxy) is 2. The Hall–Kier alpha value is -3.25. The van der Waals surface area contributed by atoms with Gasteiger partial charge in [-0.15, -0.1) is 0 Å². The summed E-state index contributed by atoms with van der Waals surface area (Å²) < 4.78 is 25.9. The fraction of sp³-hybridized carbons (Fsp3) is 0.0800. The molecule has 0 unspecified atom stereocenters. The minimum absolute atomic E-state index is 0.193. The van der Waals surface area contributed by atoms with Gasteiger partial charge < -0.3 is 9.47 Å². The lowest BCUT2D eigenvalue weighted by Gasteiger charge is -2.26. The predicted molar refractivity (Wildman–Crippen MR) is 140 cm³/mol. The number of nitrogens with zero attached hydrogens (tertiary/aromatic N) is 1. The molecule has 178 valence electrons. The molecule has 10 heteroatoms. The summed E-state index contributed by atoms with van der Waals surface area (Å²) in [5.74, 6) is -1.02. The standard InChI is InChI=1S/C25H17BrFIN2O5/c1-34-21-12-15(11-20(28)22(21)35-13-14-2-6-17(27)7-3-14)10-19-23(31)29-25(33)30(24(19)32)18-8-4-16(26)5-9-18/h2-12H,13H2,1H3,(H,29,31,33)/b19-10+. The molecule has 3 aromatic rings. The van der Waals surface area contributed by atoms with Crippen LogP contribution in [0, 0.1) is 9.39 Å². The number of urea groups is 1. The third-order valence-corrected chi connectivity index (χ3v) is 6.38. The number of anilines is 1. The number of hydrogen-bond donors (Lipinski definition) is 1. The van der Waals surface area contributed by atoms with Gasteiger partial charge in [0.25, 0.3) is 11.8 Å². The van der Waals surface area contributed by atoms with Gasteiger partial charge in [-0.25, -0.2) is 14.1 Å². The number of amides is 4. The van der Waals surface area contributed by atoms with Gasteiger partial charge in [0.1, 0.15) is 18.0 Å². The highest BCUT2D eigenvalue weighted by Gasteiger charge is 2.36. The Kier molecular flexibility index (Phi) is 7.51. The minimum Gasteiger partial charge on any atom is -0.493 e. The van der Waals surface area contributed by atoms with E-state index in [2.05, 4.69) is 43.8 Å². The molecule has 1 N–H and O–H groups in total. The molecule has 0 spiro atoms.